The van der Waals surface area contributed by atoms with Crippen LogP contribution in [0.2, 0.25) is 0 Å². The molecular formula is C13H22N2S. The van der Waals surface area contributed by atoms with E-state index in [4.69, 9.17) is 5.73 Å². The molecule has 2 atom stereocenters. The Bertz CT molecular complexity index is 326. The molecule has 0 bridgehead atoms. The molecule has 16 heavy (non-hydrogen) atoms. The molecule has 0 saturated carbocycles. The SMILES string of the molecule is Cc1ccc(C(C(C)N)N2CCCCC2)s1. The summed E-state index contributed by atoms with van der Waals surface area (Å²) in [6, 6.07) is 5.11. The summed E-state index contributed by atoms with van der Waals surface area (Å²) in [5.74, 6) is 0. The van der Waals surface area contributed by atoms with Crippen molar-refractivity contribution in [3.63, 3.8) is 0 Å². The fraction of sp³-hybridized carbons (Fsp3) is 0.692. The summed E-state index contributed by atoms with van der Waals surface area (Å²) in [6.45, 7) is 6.73. The number of hydrogen-bond acceptors (Lipinski definition) is 3. The van der Waals surface area contributed by atoms with Crippen LogP contribution < -0.4 is 5.73 Å². The standard InChI is InChI=1S/C13H22N2S/c1-10-6-7-12(16-10)13(11(2)14)15-8-4-3-5-9-15/h6-7,11,13H,3-5,8-9,14H2,1-2H3. The number of piperidine rings is 1. The van der Waals surface area contributed by atoms with Gasteiger partial charge in [0.2, 0.25) is 0 Å². The Morgan fingerprint density at radius 3 is 2.44 bits per heavy atom. The Kier molecular flexibility index (Phi) is 4.00. The summed E-state index contributed by atoms with van der Waals surface area (Å²) in [5, 5.41) is 0. The molecule has 1 aliphatic rings. The van der Waals surface area contributed by atoms with Crippen LogP contribution in [-0.2, 0) is 0 Å². The van der Waals surface area contributed by atoms with Gasteiger partial charge < -0.3 is 5.73 Å². The highest BCUT2D eigenvalue weighted by molar-refractivity contribution is 7.12. The Morgan fingerprint density at radius 2 is 1.94 bits per heavy atom. The van der Waals surface area contributed by atoms with Gasteiger partial charge in [-0.15, -0.1) is 11.3 Å². The molecule has 1 aliphatic heterocycles. The molecule has 1 fully saturated rings. The molecule has 3 heteroatoms. The maximum absolute atomic E-state index is 6.17. The summed E-state index contributed by atoms with van der Waals surface area (Å²) in [7, 11) is 0. The van der Waals surface area contributed by atoms with Gasteiger partial charge in [0.05, 0.1) is 6.04 Å². The highest BCUT2D eigenvalue weighted by Crippen LogP contribution is 2.31. The molecule has 0 amide bonds. The molecule has 2 unspecified atom stereocenters. The average Bonchev–Trinajstić information content (AvgIpc) is 2.66. The van der Waals surface area contributed by atoms with E-state index in [0.29, 0.717) is 6.04 Å². The molecule has 1 aromatic rings. The lowest BCUT2D eigenvalue weighted by Crippen LogP contribution is -2.41. The van der Waals surface area contributed by atoms with Crippen LogP contribution in [-0.4, -0.2) is 24.0 Å². The molecule has 2 N–H and O–H groups in total. The first-order valence-corrected chi connectivity index (χ1v) is 7.06. The lowest BCUT2D eigenvalue weighted by Gasteiger charge is -2.36. The molecule has 2 nitrogen and oxygen atoms in total. The monoisotopic (exact) mass is 238 g/mol. The Hall–Kier alpha value is -0.380. The third-order valence-corrected chi connectivity index (χ3v) is 4.41. The van der Waals surface area contributed by atoms with Crippen LogP contribution in [0.4, 0.5) is 0 Å². The number of aryl methyl sites for hydroxylation is 1. The zero-order chi connectivity index (χ0) is 11.5. The summed E-state index contributed by atoms with van der Waals surface area (Å²) in [6.07, 6.45) is 4.03. The molecule has 2 rings (SSSR count). The van der Waals surface area contributed by atoms with Crippen LogP contribution in [0.1, 0.15) is 42.0 Å². The molecular weight excluding hydrogens is 216 g/mol. The third kappa shape index (κ3) is 2.65. The smallest absolute Gasteiger partial charge is 0.0590 e. The predicted molar refractivity (Wildman–Crippen MR) is 70.9 cm³/mol. The van der Waals surface area contributed by atoms with E-state index in [-0.39, 0.29) is 6.04 Å². The first kappa shape index (κ1) is 12.1. The van der Waals surface area contributed by atoms with Gasteiger partial charge in [0.15, 0.2) is 0 Å². The van der Waals surface area contributed by atoms with Gasteiger partial charge in [-0.3, -0.25) is 4.90 Å². The topological polar surface area (TPSA) is 29.3 Å². The van der Waals surface area contributed by atoms with Crippen molar-refractivity contribution in [2.45, 2.75) is 45.2 Å². The zero-order valence-corrected chi connectivity index (χ0v) is 11.1. The normalized spacial score (nSPS) is 21.9. The van der Waals surface area contributed by atoms with Crippen LogP contribution in [0.15, 0.2) is 12.1 Å². The molecule has 1 saturated heterocycles. The minimum atomic E-state index is 0.219. The quantitative estimate of drug-likeness (QED) is 0.877. The summed E-state index contributed by atoms with van der Waals surface area (Å²) in [5.41, 5.74) is 6.17. The van der Waals surface area contributed by atoms with Gasteiger partial charge >= 0.3 is 0 Å². The molecule has 2 heterocycles. The fourth-order valence-electron chi connectivity index (χ4n) is 2.58. The van der Waals surface area contributed by atoms with Gasteiger partial charge in [-0.1, -0.05) is 6.42 Å². The van der Waals surface area contributed by atoms with Crippen LogP contribution >= 0.6 is 11.3 Å². The van der Waals surface area contributed by atoms with Crippen molar-refractivity contribution in [3.05, 3.63) is 21.9 Å². The second-order valence-electron chi connectivity index (χ2n) is 4.85. The van der Waals surface area contributed by atoms with Gasteiger partial charge in [0, 0.05) is 15.8 Å². The second-order valence-corrected chi connectivity index (χ2v) is 6.17. The number of rotatable bonds is 3. The van der Waals surface area contributed by atoms with Crippen LogP contribution in [0.3, 0.4) is 0 Å². The van der Waals surface area contributed by atoms with Gasteiger partial charge in [0.25, 0.3) is 0 Å². The van der Waals surface area contributed by atoms with Gasteiger partial charge in [-0.05, 0) is 51.9 Å². The Balaban J connectivity index is 2.16. The summed E-state index contributed by atoms with van der Waals surface area (Å²) >= 11 is 1.90. The largest absolute Gasteiger partial charge is 0.326 e. The van der Waals surface area contributed by atoms with E-state index in [2.05, 4.69) is 30.9 Å². The van der Waals surface area contributed by atoms with Crippen molar-refractivity contribution in [3.8, 4) is 0 Å². The van der Waals surface area contributed by atoms with Crippen molar-refractivity contribution in [2.75, 3.05) is 13.1 Å². The zero-order valence-electron chi connectivity index (χ0n) is 10.3. The van der Waals surface area contributed by atoms with Crippen LogP contribution in [0, 0.1) is 6.92 Å². The van der Waals surface area contributed by atoms with Crippen LogP contribution in [0.25, 0.3) is 0 Å². The number of nitrogens with two attached hydrogens (primary N) is 1. The van der Waals surface area contributed by atoms with Gasteiger partial charge in [-0.2, -0.15) is 0 Å². The Morgan fingerprint density at radius 1 is 1.25 bits per heavy atom. The average molecular weight is 238 g/mol. The molecule has 90 valence electrons. The predicted octanol–water partition coefficient (Wildman–Crippen LogP) is 2.93. The highest BCUT2D eigenvalue weighted by Gasteiger charge is 2.26. The lowest BCUT2D eigenvalue weighted by atomic mass is 10.0. The van der Waals surface area contributed by atoms with Crippen molar-refractivity contribution in [1.82, 2.24) is 4.90 Å². The highest BCUT2D eigenvalue weighted by atomic mass is 32.1. The maximum atomic E-state index is 6.17. The summed E-state index contributed by atoms with van der Waals surface area (Å²) < 4.78 is 0. The van der Waals surface area contributed by atoms with E-state index in [1.807, 2.05) is 11.3 Å². The Labute approximate surface area is 102 Å². The molecule has 0 radical (unpaired) electrons. The van der Waals surface area contributed by atoms with E-state index >= 15 is 0 Å². The maximum Gasteiger partial charge on any atom is 0.0590 e. The van der Waals surface area contributed by atoms with Gasteiger partial charge in [-0.25, -0.2) is 0 Å². The van der Waals surface area contributed by atoms with Crippen molar-refractivity contribution in [2.24, 2.45) is 5.73 Å². The first-order chi connectivity index (χ1) is 7.68. The minimum absolute atomic E-state index is 0.219. The van der Waals surface area contributed by atoms with E-state index in [0.717, 1.165) is 0 Å². The van der Waals surface area contributed by atoms with Gasteiger partial charge in [0.1, 0.15) is 0 Å². The lowest BCUT2D eigenvalue weighted by molar-refractivity contribution is 0.149. The van der Waals surface area contributed by atoms with E-state index < -0.39 is 0 Å². The van der Waals surface area contributed by atoms with E-state index in [9.17, 15) is 0 Å². The summed E-state index contributed by atoms with van der Waals surface area (Å²) in [4.78, 5) is 5.39. The third-order valence-electron chi connectivity index (χ3n) is 3.33. The first-order valence-electron chi connectivity index (χ1n) is 6.24. The fourth-order valence-corrected chi connectivity index (χ4v) is 3.71. The molecule has 0 aromatic carbocycles. The molecule has 0 spiro atoms. The molecule has 0 aliphatic carbocycles. The van der Waals surface area contributed by atoms with Crippen molar-refractivity contribution >= 4 is 11.3 Å². The molecule has 1 aromatic heterocycles. The van der Waals surface area contributed by atoms with E-state index in [1.54, 1.807) is 0 Å². The van der Waals surface area contributed by atoms with Crippen molar-refractivity contribution < 1.29 is 0 Å². The number of likely N-dealkylation sites (tertiary alicyclic amines) is 1. The second kappa shape index (κ2) is 5.30. The number of thiophene rings is 1. The number of hydrogen-bond donors (Lipinski definition) is 1. The van der Waals surface area contributed by atoms with Crippen LogP contribution in [0.5, 0.6) is 0 Å². The minimum Gasteiger partial charge on any atom is -0.326 e. The van der Waals surface area contributed by atoms with Crippen molar-refractivity contribution in [1.29, 1.82) is 0 Å². The number of nitrogens with zero attached hydrogens (tertiary/aromatic N) is 1. The van der Waals surface area contributed by atoms with E-state index in [1.165, 1.54) is 42.1 Å².